The second-order valence-corrected chi connectivity index (χ2v) is 6.22. The predicted octanol–water partition coefficient (Wildman–Crippen LogP) is 1.45. The quantitative estimate of drug-likeness (QED) is 0.738. The van der Waals surface area contributed by atoms with E-state index in [0.717, 1.165) is 0 Å². The first kappa shape index (κ1) is 15.0. The van der Waals surface area contributed by atoms with Gasteiger partial charge < -0.3 is 18.0 Å². The molecule has 0 bridgehead atoms. The lowest BCUT2D eigenvalue weighted by molar-refractivity contribution is 0.139. The van der Waals surface area contributed by atoms with Crippen LogP contribution in [-0.4, -0.2) is 36.7 Å². The molecule has 102 valence electrons. The van der Waals surface area contributed by atoms with Gasteiger partial charge in [0.25, 0.3) is 0 Å². The fourth-order valence-corrected chi connectivity index (χ4v) is 3.44. The third-order valence-electron chi connectivity index (χ3n) is 2.48. The van der Waals surface area contributed by atoms with E-state index in [1.54, 1.807) is 6.92 Å². The highest BCUT2D eigenvalue weighted by Crippen LogP contribution is 2.21. The highest BCUT2D eigenvalue weighted by atomic mass is 28.4. The van der Waals surface area contributed by atoms with E-state index < -0.39 is 20.4 Å². The molecule has 18 heavy (non-hydrogen) atoms. The first-order valence-electron chi connectivity index (χ1n) is 5.33. The van der Waals surface area contributed by atoms with E-state index in [1.807, 2.05) is 0 Å². The number of halogens is 2. The van der Waals surface area contributed by atoms with Gasteiger partial charge in [-0.2, -0.15) is 4.39 Å². The van der Waals surface area contributed by atoms with Crippen molar-refractivity contribution >= 4 is 14.0 Å². The summed E-state index contributed by atoms with van der Waals surface area (Å²) in [5.41, 5.74) is 0. The Labute approximate surface area is 106 Å². The molecule has 0 aliphatic carbocycles. The third kappa shape index (κ3) is 2.53. The Morgan fingerprint density at radius 2 is 1.56 bits per heavy atom. The van der Waals surface area contributed by atoms with E-state index in [9.17, 15) is 8.78 Å². The van der Waals surface area contributed by atoms with Gasteiger partial charge in [0.1, 0.15) is 0 Å². The lowest BCUT2D eigenvalue weighted by Gasteiger charge is -2.25. The Morgan fingerprint density at radius 3 is 2.00 bits per heavy atom. The van der Waals surface area contributed by atoms with Gasteiger partial charge in [0.15, 0.2) is 11.6 Å². The Kier molecular flexibility index (Phi) is 5.21. The number of hydrogen-bond acceptors (Lipinski definition) is 4. The van der Waals surface area contributed by atoms with E-state index in [-0.39, 0.29) is 17.5 Å². The van der Waals surface area contributed by atoms with Crippen molar-refractivity contribution in [1.82, 2.24) is 0 Å². The summed E-state index contributed by atoms with van der Waals surface area (Å²) >= 11 is 0. The van der Waals surface area contributed by atoms with Crippen LogP contribution in [0.4, 0.5) is 8.78 Å². The van der Waals surface area contributed by atoms with Crippen LogP contribution in [0.5, 0.6) is 5.75 Å². The van der Waals surface area contributed by atoms with Gasteiger partial charge in [-0.25, -0.2) is 4.39 Å². The van der Waals surface area contributed by atoms with Crippen molar-refractivity contribution in [3.8, 4) is 5.75 Å². The van der Waals surface area contributed by atoms with Gasteiger partial charge in [-0.3, -0.25) is 0 Å². The molecule has 0 amide bonds. The monoisotopic (exact) mass is 278 g/mol. The van der Waals surface area contributed by atoms with E-state index in [2.05, 4.69) is 0 Å². The van der Waals surface area contributed by atoms with Crippen LogP contribution in [0.25, 0.3) is 0 Å². The number of ether oxygens (including phenoxy) is 1. The molecule has 0 saturated heterocycles. The maximum absolute atomic E-state index is 14.0. The largest absolute Gasteiger partial charge is 0.539 e. The maximum atomic E-state index is 14.0. The zero-order valence-corrected chi connectivity index (χ0v) is 11.8. The molecule has 0 N–H and O–H groups in total. The van der Waals surface area contributed by atoms with Gasteiger partial charge in [-0.15, -0.1) is 0 Å². The topological polar surface area (TPSA) is 36.9 Å². The minimum Gasteiger partial charge on any atom is -0.491 e. The molecule has 4 nitrogen and oxygen atoms in total. The van der Waals surface area contributed by atoms with Crippen LogP contribution in [0.2, 0.25) is 0 Å². The van der Waals surface area contributed by atoms with Crippen molar-refractivity contribution in [3.05, 3.63) is 23.8 Å². The van der Waals surface area contributed by atoms with E-state index in [0.29, 0.717) is 0 Å². The Hall–Kier alpha value is -1.02. The molecule has 1 rings (SSSR count). The molecular weight excluding hydrogens is 262 g/mol. The smallest absolute Gasteiger partial charge is 0.491 e. The zero-order chi connectivity index (χ0) is 13.8. The van der Waals surface area contributed by atoms with Crippen LogP contribution in [0.15, 0.2) is 12.1 Å². The molecule has 0 aliphatic heterocycles. The molecule has 0 fully saturated rings. The van der Waals surface area contributed by atoms with Crippen LogP contribution in [0, 0.1) is 11.6 Å². The molecular formula is C11H16F2O4Si. The Bertz CT molecular complexity index is 402. The molecule has 7 heteroatoms. The number of benzene rings is 1. The summed E-state index contributed by atoms with van der Waals surface area (Å²) in [7, 11) is 0.593. The zero-order valence-electron chi connectivity index (χ0n) is 10.8. The minimum absolute atomic E-state index is 0.0593. The normalized spacial score (nSPS) is 11.7. The molecule has 0 aromatic heterocycles. The fraction of sp³-hybridized carbons (Fsp3) is 0.455. The maximum Gasteiger partial charge on any atom is 0.539 e. The third-order valence-corrected chi connectivity index (χ3v) is 5.14. The standard InChI is InChI=1S/C11H16F2O4Si/c1-5-17-8-6-7-9(11(13)10(8)12)18(14-2,15-3)16-4/h6-7H,5H2,1-4H3. The van der Waals surface area contributed by atoms with Gasteiger partial charge in [0.2, 0.25) is 5.82 Å². The first-order chi connectivity index (χ1) is 8.56. The highest BCUT2D eigenvalue weighted by molar-refractivity contribution is 6.75. The summed E-state index contributed by atoms with van der Waals surface area (Å²) in [6, 6.07) is 2.68. The first-order valence-corrected chi connectivity index (χ1v) is 7.05. The molecule has 0 spiro atoms. The Morgan fingerprint density at radius 1 is 1.00 bits per heavy atom. The summed E-state index contributed by atoms with van der Waals surface area (Å²) in [6.45, 7) is 1.93. The van der Waals surface area contributed by atoms with Crippen molar-refractivity contribution in [2.24, 2.45) is 0 Å². The summed E-state index contributed by atoms with van der Waals surface area (Å²) in [5.74, 6) is -2.29. The molecule has 0 aliphatic rings. The number of hydrogen-bond donors (Lipinski definition) is 0. The van der Waals surface area contributed by atoms with Crippen LogP contribution >= 0.6 is 0 Å². The molecule has 0 radical (unpaired) electrons. The highest BCUT2D eigenvalue weighted by Gasteiger charge is 2.44. The average molecular weight is 278 g/mol. The molecule has 0 atom stereocenters. The van der Waals surface area contributed by atoms with Gasteiger partial charge in [-0.05, 0) is 19.1 Å². The van der Waals surface area contributed by atoms with Crippen molar-refractivity contribution in [3.63, 3.8) is 0 Å². The van der Waals surface area contributed by atoms with Gasteiger partial charge in [-0.1, -0.05) is 0 Å². The fourth-order valence-electron chi connectivity index (χ4n) is 1.62. The average Bonchev–Trinajstić information content (AvgIpc) is 2.40. The molecule has 0 unspecified atom stereocenters. The van der Waals surface area contributed by atoms with Crippen LogP contribution in [-0.2, 0) is 13.3 Å². The van der Waals surface area contributed by atoms with Crippen LogP contribution in [0.3, 0.4) is 0 Å². The SMILES string of the molecule is CCOc1ccc([Si](OC)(OC)OC)c(F)c1F. The summed E-state index contributed by atoms with van der Waals surface area (Å²) in [4.78, 5) is 0. The predicted molar refractivity (Wildman–Crippen MR) is 63.9 cm³/mol. The second kappa shape index (κ2) is 6.23. The Balaban J connectivity index is 3.30. The van der Waals surface area contributed by atoms with E-state index >= 15 is 0 Å². The van der Waals surface area contributed by atoms with Crippen LogP contribution < -0.4 is 9.92 Å². The second-order valence-electron chi connectivity index (χ2n) is 3.34. The van der Waals surface area contributed by atoms with Crippen LogP contribution in [0.1, 0.15) is 6.92 Å². The summed E-state index contributed by atoms with van der Waals surface area (Å²) in [5, 5.41) is -0.0593. The van der Waals surface area contributed by atoms with Crippen molar-refractivity contribution < 1.29 is 26.8 Å². The minimum atomic E-state index is -3.39. The summed E-state index contributed by atoms with van der Waals surface area (Å²) < 4.78 is 48.0. The molecule has 0 saturated carbocycles. The van der Waals surface area contributed by atoms with Crippen molar-refractivity contribution in [1.29, 1.82) is 0 Å². The van der Waals surface area contributed by atoms with E-state index in [4.69, 9.17) is 18.0 Å². The van der Waals surface area contributed by atoms with E-state index in [1.165, 1.54) is 33.5 Å². The number of rotatable bonds is 6. The molecule has 1 aromatic rings. The van der Waals surface area contributed by atoms with Gasteiger partial charge >= 0.3 is 8.80 Å². The van der Waals surface area contributed by atoms with Gasteiger partial charge in [0, 0.05) is 21.3 Å². The van der Waals surface area contributed by atoms with Gasteiger partial charge in [0.05, 0.1) is 11.8 Å². The lowest BCUT2D eigenvalue weighted by Crippen LogP contribution is -2.56. The lowest BCUT2D eigenvalue weighted by atomic mass is 10.3. The molecule has 0 heterocycles. The van der Waals surface area contributed by atoms with Crippen molar-refractivity contribution in [2.45, 2.75) is 6.92 Å². The summed E-state index contributed by atoms with van der Waals surface area (Å²) in [6.07, 6.45) is 0. The molecule has 1 aromatic carbocycles. The van der Waals surface area contributed by atoms with Crippen molar-refractivity contribution in [2.75, 3.05) is 27.9 Å².